The fourth-order valence-corrected chi connectivity index (χ4v) is 11.9. The van der Waals surface area contributed by atoms with E-state index in [-0.39, 0.29) is 26.2 Å². The highest BCUT2D eigenvalue weighted by atomic mass is 32.2. The molecule has 1 N–H and O–H groups in total. The summed E-state index contributed by atoms with van der Waals surface area (Å²) in [6.45, 7) is 47.1. The van der Waals surface area contributed by atoms with E-state index in [1.54, 1.807) is 153 Å². The number of anilines is 1. The van der Waals surface area contributed by atoms with Crippen LogP contribution in [-0.4, -0.2) is 93.5 Å². The van der Waals surface area contributed by atoms with Gasteiger partial charge in [0, 0.05) is 11.6 Å². The molecule has 0 unspecified atom stereocenters. The van der Waals surface area contributed by atoms with Crippen LogP contribution in [0, 0.1) is 5.92 Å². The molecule has 0 radical (unpaired) electrons. The molecule has 0 atom stereocenters. The second-order valence-corrected chi connectivity index (χ2v) is 37.8. The summed E-state index contributed by atoms with van der Waals surface area (Å²) in [6.07, 6.45) is 1.61. The molecule has 107 heavy (non-hydrogen) atoms. The van der Waals surface area contributed by atoms with Crippen molar-refractivity contribution < 1.29 is 87.5 Å². The second kappa shape index (κ2) is 59.3. The van der Waals surface area contributed by atoms with E-state index < -0.39 is 100 Å². The SMILES string of the molecule is CC(C)C(=O)C(=O)Nc1ccccc1.CC(C)S(=O)(=O)c1ccc(C(F)(F)F)cc1.CC(C)S(=O)(=O)c1ccc(OC(F)(F)F)cc1.CC(C)S(=O)(=O)c1ccccc1.CCC.CCC.CCC.CCC.CCC.CCC.CCCCc1ccc(S(=O)(=O)C(C)C)cc1.COc1ccc(S(=O)(=O)C(C)C)cc1. The van der Waals surface area contributed by atoms with Crippen LogP contribution in [0.25, 0.3) is 0 Å². The van der Waals surface area contributed by atoms with E-state index in [4.69, 9.17) is 4.74 Å². The summed E-state index contributed by atoms with van der Waals surface area (Å²) in [5, 5.41) is 0.165. The highest BCUT2D eigenvalue weighted by Gasteiger charge is 2.32. The highest BCUT2D eigenvalue weighted by molar-refractivity contribution is 7.93. The van der Waals surface area contributed by atoms with Crippen molar-refractivity contribution in [3.05, 3.63) is 169 Å². The second-order valence-electron chi connectivity index (χ2n) is 25.3. The van der Waals surface area contributed by atoms with Gasteiger partial charge < -0.3 is 14.8 Å². The average molecular weight is 1620 g/mol. The number of benzene rings is 6. The number of ketones is 1. The lowest BCUT2D eigenvalue weighted by molar-refractivity contribution is -0.274. The predicted octanol–water partition coefficient (Wildman–Crippen LogP) is 23.0. The van der Waals surface area contributed by atoms with Crippen LogP contribution < -0.4 is 14.8 Å². The van der Waals surface area contributed by atoms with E-state index in [2.05, 4.69) is 100 Å². The molecule has 0 saturated heterocycles. The van der Waals surface area contributed by atoms with Crippen molar-refractivity contribution in [1.82, 2.24) is 0 Å². The first kappa shape index (κ1) is 111. The van der Waals surface area contributed by atoms with Crippen LogP contribution in [0.2, 0.25) is 0 Å². The fourth-order valence-electron chi connectivity index (χ4n) is 6.60. The number of unbranched alkanes of at least 4 members (excludes halogenated alkanes) is 1. The van der Waals surface area contributed by atoms with Gasteiger partial charge in [-0.25, -0.2) is 42.1 Å². The molecule has 0 aromatic heterocycles. The van der Waals surface area contributed by atoms with Crippen LogP contribution in [0.15, 0.2) is 182 Å². The topological polar surface area (TPSA) is 235 Å². The maximum absolute atomic E-state index is 12.2. The third-order valence-electron chi connectivity index (χ3n) is 12.3. The van der Waals surface area contributed by atoms with Crippen molar-refractivity contribution in [2.45, 2.75) is 294 Å². The normalized spacial score (nSPS) is 11.0. The molecule has 26 heteroatoms. The molecule has 15 nitrogen and oxygen atoms in total. The van der Waals surface area contributed by atoms with Gasteiger partial charge >= 0.3 is 12.5 Å². The number of Topliss-reactive ketones (excluding diaryl/α,β-unsaturated/α-hetero) is 1. The Morgan fingerprint density at radius 1 is 0.364 bits per heavy atom. The lowest BCUT2D eigenvalue weighted by atomic mass is 10.1. The first-order chi connectivity index (χ1) is 49.4. The number of aryl methyl sites for hydroxylation is 1. The van der Waals surface area contributed by atoms with Crippen LogP contribution in [0.3, 0.4) is 0 Å². The quantitative estimate of drug-likeness (QED) is 0.0623. The number of carbonyl (C=O) groups excluding carboxylic acids is 2. The molecule has 0 fully saturated rings. The van der Waals surface area contributed by atoms with Crippen LogP contribution in [-0.2, 0) is 71.4 Å². The highest BCUT2D eigenvalue weighted by Crippen LogP contribution is 2.31. The third kappa shape index (κ3) is 49.2. The van der Waals surface area contributed by atoms with Crippen molar-refractivity contribution in [3.63, 3.8) is 0 Å². The van der Waals surface area contributed by atoms with Crippen molar-refractivity contribution >= 4 is 66.6 Å². The molecule has 1 amide bonds. The molecule has 6 aromatic carbocycles. The number of alkyl halides is 6. The number of hydrogen-bond acceptors (Lipinski definition) is 14. The average Bonchev–Trinajstić information content (AvgIpc) is 0.909. The Hall–Kier alpha value is -6.61. The van der Waals surface area contributed by atoms with Crippen LogP contribution in [0.4, 0.5) is 32.0 Å². The van der Waals surface area contributed by atoms with E-state index >= 15 is 0 Å². The lowest BCUT2D eigenvalue weighted by Gasteiger charge is -2.10. The molecule has 0 bridgehead atoms. The zero-order valence-corrected chi connectivity index (χ0v) is 72.4. The summed E-state index contributed by atoms with van der Waals surface area (Å²) in [5.41, 5.74) is 1.01. The summed E-state index contributed by atoms with van der Waals surface area (Å²) >= 11 is 0. The minimum Gasteiger partial charge on any atom is -0.497 e. The van der Waals surface area contributed by atoms with Gasteiger partial charge in [-0.15, -0.1) is 13.2 Å². The molecule has 0 saturated carbocycles. The first-order valence-corrected chi connectivity index (χ1v) is 44.0. The van der Waals surface area contributed by atoms with Gasteiger partial charge in [-0.05, 0) is 197 Å². The number of ether oxygens (including phenoxy) is 2. The minimum atomic E-state index is -4.78. The zero-order chi connectivity index (χ0) is 84.8. The smallest absolute Gasteiger partial charge is 0.497 e. The van der Waals surface area contributed by atoms with Crippen molar-refractivity contribution in [2.75, 3.05) is 12.4 Å². The number of rotatable bonds is 18. The molecule has 0 heterocycles. The minimum absolute atomic E-state index is 0.0259. The van der Waals surface area contributed by atoms with E-state index in [0.29, 0.717) is 26.1 Å². The molecule has 0 aliphatic carbocycles. The van der Waals surface area contributed by atoms with Crippen LogP contribution in [0.5, 0.6) is 11.5 Å². The Labute approximate surface area is 642 Å². The van der Waals surface area contributed by atoms with Crippen LogP contribution >= 0.6 is 0 Å². The Morgan fingerprint density at radius 3 is 0.860 bits per heavy atom. The molecule has 0 aliphatic heterocycles. The van der Waals surface area contributed by atoms with Crippen molar-refractivity contribution in [1.29, 1.82) is 0 Å². The Balaban J connectivity index is -0.000000274. The molecular weight excluding hydrogens is 1490 g/mol. The monoisotopic (exact) mass is 1610 g/mol. The van der Waals surface area contributed by atoms with E-state index in [1.807, 2.05) is 18.2 Å². The van der Waals surface area contributed by atoms with Gasteiger partial charge in [-0.2, -0.15) is 13.2 Å². The zero-order valence-electron chi connectivity index (χ0n) is 68.4. The van der Waals surface area contributed by atoms with Crippen LogP contribution in [0.1, 0.15) is 236 Å². The first-order valence-electron chi connectivity index (χ1n) is 36.3. The Morgan fingerprint density at radius 2 is 0.617 bits per heavy atom. The number of para-hydroxylation sites is 1. The van der Waals surface area contributed by atoms with E-state index in [9.17, 15) is 78.0 Å². The molecule has 6 rings (SSSR count). The standard InChI is InChI=1S/C13H20O2S.C11H13NO2.C10H11F3O3S.C10H11F3O2S.C10H14O3S.C9H12O2S.6C3H8/c1-4-5-6-12-7-9-13(10-8-12)16(14,15)11(2)3;1-8(2)10(13)11(14)12-9-6-4-3-5-7-9;1-7(2)17(14,15)9-5-3-8(4-6-9)16-10(11,12)13;1-7(2)16(14,15)9-5-3-8(4-6-9)10(11,12)13;1-8(2)14(11,12)10-6-4-9(13-3)5-7-10;1-8(2)12(10,11)9-6-4-3-5-7-9;6*1-3-2/h7-11H,4-6H2,1-3H3;3-8H,1-2H3,(H,12,14);3-7H,1-2H3;3-7H,1-2H3;4-8H,1-3H3;3-8H,1-2H3;6*3H2,1-2H3. The molecule has 0 aliphatic rings. The number of carbonyl (C=O) groups is 2. The summed E-state index contributed by atoms with van der Waals surface area (Å²) in [4.78, 5) is 23.6. The number of amides is 1. The summed E-state index contributed by atoms with van der Waals surface area (Å²) in [7, 11) is -14.8. The van der Waals surface area contributed by atoms with Gasteiger partial charge in [-0.3, -0.25) is 9.59 Å². The molecule has 614 valence electrons. The van der Waals surface area contributed by atoms with Gasteiger partial charge in [0.2, 0.25) is 5.78 Å². The maximum atomic E-state index is 12.2. The van der Waals surface area contributed by atoms with Crippen molar-refractivity contribution in [3.8, 4) is 11.5 Å². The fraction of sp³-hybridized carbons (Fsp3) is 0.531. The Kier molecular flexibility index (Phi) is 61.7. The molecule has 6 aromatic rings. The summed E-state index contributed by atoms with van der Waals surface area (Å²) in [5.74, 6) is -0.994. The number of nitrogens with one attached hydrogen (secondary N) is 1. The lowest BCUT2D eigenvalue weighted by Crippen LogP contribution is -2.26. The number of sulfone groups is 5. The molecule has 0 spiro atoms. The summed E-state index contributed by atoms with van der Waals surface area (Å²) < 4.78 is 198. The summed E-state index contributed by atoms with van der Waals surface area (Å²) in [6, 6.07) is 38.8. The number of methoxy groups -OCH3 is 1. The van der Waals surface area contributed by atoms with Gasteiger partial charge in [0.15, 0.2) is 49.2 Å². The Bertz CT molecular complexity index is 3800. The van der Waals surface area contributed by atoms with E-state index in [0.717, 1.165) is 67.8 Å². The van der Waals surface area contributed by atoms with Gasteiger partial charge in [0.05, 0.1) is 63.4 Å². The van der Waals surface area contributed by atoms with Gasteiger partial charge in [0.1, 0.15) is 11.5 Å². The van der Waals surface area contributed by atoms with E-state index in [1.165, 1.54) is 71.8 Å². The predicted molar refractivity (Wildman–Crippen MR) is 431 cm³/mol. The number of hydrogen-bond donors (Lipinski definition) is 1. The maximum Gasteiger partial charge on any atom is 0.573 e. The van der Waals surface area contributed by atoms with Crippen molar-refractivity contribution in [2.24, 2.45) is 5.92 Å². The third-order valence-corrected chi connectivity index (χ3v) is 23.2. The van der Waals surface area contributed by atoms with Gasteiger partial charge in [0.25, 0.3) is 5.91 Å². The molecular formula is C81H129F6NO14S5. The largest absolute Gasteiger partial charge is 0.573 e. The van der Waals surface area contributed by atoms with Gasteiger partial charge in [-0.1, -0.05) is 197 Å². The number of halogens is 6.